The standard InChI is InChI=1S/C3H9O6P.2Na/c4-1-3(5)2-9-10(6,7)8;;/h3-5H,1-2H2,(H2,6,7,8);;/q;2*+1/p-2/t3-;;/m0../s1. The van der Waals surface area contributed by atoms with Crippen LogP contribution in [0.5, 0.6) is 0 Å². The monoisotopic (exact) mass is 216 g/mol. The fourth-order valence-electron chi connectivity index (χ4n) is 0.230. The molecule has 0 heterocycles. The Morgan fingerprint density at radius 1 is 1.42 bits per heavy atom. The molecule has 0 rings (SSSR count). The number of phosphoric ester groups is 1. The summed E-state index contributed by atoms with van der Waals surface area (Å²) in [7, 11) is -5.00. The summed E-state index contributed by atoms with van der Waals surface area (Å²) >= 11 is 0. The van der Waals surface area contributed by atoms with Crippen LogP contribution in [-0.4, -0.2) is 29.5 Å². The Morgan fingerprint density at radius 3 is 2.08 bits per heavy atom. The van der Waals surface area contributed by atoms with Crippen molar-refractivity contribution in [2.75, 3.05) is 13.2 Å². The van der Waals surface area contributed by atoms with Gasteiger partial charge < -0.3 is 29.1 Å². The number of phosphoric acid groups is 1. The Kier molecular flexibility index (Phi) is 15.6. The van der Waals surface area contributed by atoms with E-state index in [1.54, 1.807) is 0 Å². The summed E-state index contributed by atoms with van der Waals surface area (Å²) in [5.41, 5.74) is 0. The predicted molar refractivity (Wildman–Crippen MR) is 26.7 cm³/mol. The fraction of sp³-hybridized carbons (Fsp3) is 1.00. The van der Waals surface area contributed by atoms with Crippen LogP contribution in [0.25, 0.3) is 0 Å². The molecule has 9 heteroatoms. The van der Waals surface area contributed by atoms with Gasteiger partial charge >= 0.3 is 59.1 Å². The van der Waals surface area contributed by atoms with Gasteiger partial charge in [-0.25, -0.2) is 0 Å². The van der Waals surface area contributed by atoms with E-state index in [-0.39, 0.29) is 59.1 Å². The summed E-state index contributed by atoms with van der Waals surface area (Å²) in [5.74, 6) is 0. The van der Waals surface area contributed by atoms with Gasteiger partial charge in [0.05, 0.1) is 21.0 Å². The molecule has 2 N–H and O–H groups in total. The molecule has 12 heavy (non-hydrogen) atoms. The van der Waals surface area contributed by atoms with Gasteiger partial charge in [0.25, 0.3) is 0 Å². The summed E-state index contributed by atoms with van der Waals surface area (Å²) in [4.78, 5) is 19.4. The van der Waals surface area contributed by atoms with E-state index in [1.165, 1.54) is 0 Å². The molecule has 0 aromatic rings. The van der Waals surface area contributed by atoms with Crippen LogP contribution in [0.2, 0.25) is 0 Å². The fourth-order valence-corrected chi connectivity index (χ4v) is 0.585. The molecule has 0 aromatic heterocycles. The average molecular weight is 216 g/mol. The molecule has 1 atom stereocenters. The molecule has 0 spiro atoms. The second kappa shape index (κ2) is 9.58. The molecule has 0 bridgehead atoms. The maximum absolute atomic E-state index is 9.71. The van der Waals surface area contributed by atoms with E-state index in [0.717, 1.165) is 0 Å². The average Bonchev–Trinajstić information content (AvgIpc) is 1.81. The smallest absolute Gasteiger partial charge is 0.790 e. The van der Waals surface area contributed by atoms with E-state index >= 15 is 0 Å². The van der Waals surface area contributed by atoms with E-state index in [1.807, 2.05) is 0 Å². The third-order valence-electron chi connectivity index (χ3n) is 0.636. The second-order valence-corrected chi connectivity index (χ2v) is 2.73. The Hall–Kier alpha value is 2.03. The maximum Gasteiger partial charge on any atom is 1.00 e. The maximum atomic E-state index is 9.71. The number of hydrogen-bond acceptors (Lipinski definition) is 6. The van der Waals surface area contributed by atoms with Crippen LogP contribution in [0.3, 0.4) is 0 Å². The number of aliphatic hydroxyl groups is 2. The van der Waals surface area contributed by atoms with Crippen molar-refractivity contribution in [1.29, 1.82) is 0 Å². The quantitative estimate of drug-likeness (QED) is 0.356. The minimum absolute atomic E-state index is 0. The molecule has 0 radical (unpaired) electrons. The van der Waals surface area contributed by atoms with Crippen molar-refractivity contribution in [3.05, 3.63) is 0 Å². The van der Waals surface area contributed by atoms with Crippen LogP contribution in [0, 0.1) is 0 Å². The zero-order valence-corrected chi connectivity index (χ0v) is 11.9. The molecule has 0 unspecified atom stereocenters. The number of rotatable bonds is 4. The van der Waals surface area contributed by atoms with Gasteiger partial charge in [0.2, 0.25) is 0 Å². The first-order valence-electron chi connectivity index (χ1n) is 2.41. The zero-order valence-electron chi connectivity index (χ0n) is 6.97. The molecule has 6 nitrogen and oxygen atoms in total. The summed E-state index contributed by atoms with van der Waals surface area (Å²) in [6.07, 6.45) is -1.32. The van der Waals surface area contributed by atoms with E-state index < -0.39 is 27.1 Å². The Bertz CT molecular complexity index is 137. The van der Waals surface area contributed by atoms with Crippen LogP contribution in [0.4, 0.5) is 0 Å². The molecule has 0 amide bonds. The Labute approximate surface area is 114 Å². The summed E-state index contributed by atoms with van der Waals surface area (Å²) in [6.45, 7) is -1.33. The molecule has 0 aliphatic rings. The Balaban J connectivity index is -0.000000405. The zero-order chi connectivity index (χ0) is 8.20. The summed E-state index contributed by atoms with van der Waals surface area (Å²) < 4.78 is 13.3. The van der Waals surface area contributed by atoms with E-state index in [0.29, 0.717) is 0 Å². The van der Waals surface area contributed by atoms with Crippen molar-refractivity contribution in [2.45, 2.75) is 6.10 Å². The van der Waals surface area contributed by atoms with Crippen molar-refractivity contribution in [1.82, 2.24) is 0 Å². The van der Waals surface area contributed by atoms with Gasteiger partial charge in [-0.1, -0.05) is 0 Å². The van der Waals surface area contributed by atoms with Crippen LogP contribution in [0.15, 0.2) is 0 Å². The van der Waals surface area contributed by atoms with Crippen molar-refractivity contribution >= 4 is 7.82 Å². The van der Waals surface area contributed by atoms with E-state index in [2.05, 4.69) is 4.52 Å². The molecule has 0 aliphatic heterocycles. The molecule has 0 fully saturated rings. The first-order valence-corrected chi connectivity index (χ1v) is 3.87. The number of aliphatic hydroxyl groups excluding tert-OH is 2. The number of hydrogen-bond donors (Lipinski definition) is 2. The normalized spacial score (nSPS) is 12.7. The molecule has 62 valence electrons. The van der Waals surface area contributed by atoms with Gasteiger partial charge in [-0.3, -0.25) is 0 Å². The van der Waals surface area contributed by atoms with Crippen molar-refractivity contribution in [3.63, 3.8) is 0 Å². The van der Waals surface area contributed by atoms with Crippen LogP contribution >= 0.6 is 7.82 Å². The molecule has 0 saturated heterocycles. The molecular weight excluding hydrogens is 209 g/mol. The van der Waals surface area contributed by atoms with Gasteiger partial charge in [-0.05, 0) is 0 Å². The molecule has 0 aliphatic carbocycles. The largest absolute Gasteiger partial charge is 1.00 e. The Morgan fingerprint density at radius 2 is 1.83 bits per heavy atom. The summed E-state index contributed by atoms with van der Waals surface area (Å²) in [5, 5.41) is 16.6. The molecule has 0 saturated carbocycles. The predicted octanol–water partition coefficient (Wildman–Crippen LogP) is -8.81. The minimum atomic E-state index is -5.00. The van der Waals surface area contributed by atoms with E-state index in [4.69, 9.17) is 10.2 Å². The van der Waals surface area contributed by atoms with Crippen LogP contribution in [0.1, 0.15) is 0 Å². The van der Waals surface area contributed by atoms with Gasteiger partial charge in [0, 0.05) is 0 Å². The van der Waals surface area contributed by atoms with Crippen LogP contribution in [-0.2, 0) is 9.09 Å². The minimum Gasteiger partial charge on any atom is -0.790 e. The van der Waals surface area contributed by atoms with E-state index in [9.17, 15) is 14.4 Å². The second-order valence-electron chi connectivity index (χ2n) is 1.58. The van der Waals surface area contributed by atoms with Gasteiger partial charge in [-0.2, -0.15) is 0 Å². The summed E-state index contributed by atoms with van der Waals surface area (Å²) in [6, 6.07) is 0. The molecular formula is C3H7Na2O6P. The van der Waals surface area contributed by atoms with Crippen molar-refractivity contribution in [2.24, 2.45) is 0 Å². The first-order chi connectivity index (χ1) is 4.45. The van der Waals surface area contributed by atoms with Crippen molar-refractivity contribution < 1.29 is 88.2 Å². The third-order valence-corrected chi connectivity index (χ3v) is 1.10. The first kappa shape index (κ1) is 19.6. The van der Waals surface area contributed by atoms with Gasteiger partial charge in [-0.15, -0.1) is 0 Å². The van der Waals surface area contributed by atoms with Crippen molar-refractivity contribution in [3.8, 4) is 0 Å². The molecule has 0 aromatic carbocycles. The topological polar surface area (TPSA) is 113 Å². The van der Waals surface area contributed by atoms with Gasteiger partial charge in [0.1, 0.15) is 6.10 Å². The SMILES string of the molecule is O=P([O-])([O-])OC[C@@H](O)CO.[Na+].[Na+]. The van der Waals surface area contributed by atoms with Crippen LogP contribution < -0.4 is 68.9 Å². The van der Waals surface area contributed by atoms with Gasteiger partial charge in [0.15, 0.2) is 0 Å². The third kappa shape index (κ3) is 14.5.